The molecule has 1 radical (unpaired) electrons. The highest BCUT2D eigenvalue weighted by Gasteiger charge is 2.15. The maximum absolute atomic E-state index is 10.7. The summed E-state index contributed by atoms with van der Waals surface area (Å²) in [5.74, 6) is 1.41. The minimum absolute atomic E-state index is 0.242. The first-order valence-corrected chi connectivity index (χ1v) is 4.59. The first-order valence-electron chi connectivity index (χ1n) is 4.59. The van der Waals surface area contributed by atoms with Crippen molar-refractivity contribution in [1.82, 2.24) is 0 Å². The fourth-order valence-corrected chi connectivity index (χ4v) is 1.76. The summed E-state index contributed by atoms with van der Waals surface area (Å²) in [6.07, 6.45) is 1.91. The van der Waals surface area contributed by atoms with E-state index in [0.717, 1.165) is 16.5 Å². The van der Waals surface area contributed by atoms with Gasteiger partial charge >= 0.3 is 0 Å². The normalized spacial score (nSPS) is 13.1. The van der Waals surface area contributed by atoms with Gasteiger partial charge in [0.2, 0.25) is 13.1 Å². The number of carbonyl (C=O) groups excluding carboxylic acids is 1. The average Bonchev–Trinajstić information content (AvgIpc) is 2.72. The first-order chi connectivity index (χ1) is 7.38. The second kappa shape index (κ2) is 2.98. The fraction of sp³-hybridized carbons (Fsp3) is 0.0833. The zero-order chi connectivity index (χ0) is 10.3. The van der Waals surface area contributed by atoms with Crippen LogP contribution in [0.25, 0.3) is 10.8 Å². The van der Waals surface area contributed by atoms with Gasteiger partial charge in [-0.1, -0.05) is 18.2 Å². The van der Waals surface area contributed by atoms with Gasteiger partial charge in [0, 0.05) is 5.56 Å². The van der Waals surface area contributed by atoms with Crippen LogP contribution in [-0.2, 0) is 4.79 Å². The Morgan fingerprint density at radius 3 is 2.73 bits per heavy atom. The van der Waals surface area contributed by atoms with Crippen molar-refractivity contribution in [2.75, 3.05) is 6.79 Å². The summed E-state index contributed by atoms with van der Waals surface area (Å²) in [6.45, 7) is 0.242. The SMILES string of the molecule is O=[C]c1cccc2cc3c(cc12)OCO3. The molecule has 0 N–H and O–H groups in total. The molecule has 0 unspecified atom stereocenters. The summed E-state index contributed by atoms with van der Waals surface area (Å²) >= 11 is 0. The molecule has 0 aliphatic carbocycles. The molecule has 0 spiro atoms. The molecule has 3 heteroatoms. The minimum Gasteiger partial charge on any atom is -0.454 e. The predicted octanol–water partition coefficient (Wildman–Crippen LogP) is 2.03. The van der Waals surface area contributed by atoms with Crippen molar-refractivity contribution in [2.24, 2.45) is 0 Å². The van der Waals surface area contributed by atoms with Gasteiger partial charge in [0.05, 0.1) is 0 Å². The Morgan fingerprint density at radius 1 is 1.13 bits per heavy atom. The Morgan fingerprint density at radius 2 is 1.93 bits per heavy atom. The number of ether oxygens (including phenoxy) is 2. The van der Waals surface area contributed by atoms with E-state index in [1.54, 1.807) is 6.07 Å². The molecule has 0 bridgehead atoms. The highest BCUT2D eigenvalue weighted by molar-refractivity contribution is 5.99. The monoisotopic (exact) mass is 199 g/mol. The van der Waals surface area contributed by atoms with Crippen LogP contribution in [0.5, 0.6) is 11.5 Å². The van der Waals surface area contributed by atoms with Crippen molar-refractivity contribution < 1.29 is 14.3 Å². The molecule has 3 rings (SSSR count). The van der Waals surface area contributed by atoms with Gasteiger partial charge in [-0.15, -0.1) is 0 Å². The van der Waals surface area contributed by atoms with Crippen molar-refractivity contribution in [2.45, 2.75) is 0 Å². The van der Waals surface area contributed by atoms with Crippen molar-refractivity contribution >= 4 is 17.1 Å². The van der Waals surface area contributed by atoms with E-state index in [0.29, 0.717) is 11.3 Å². The molecule has 15 heavy (non-hydrogen) atoms. The number of hydrogen-bond acceptors (Lipinski definition) is 3. The van der Waals surface area contributed by atoms with Crippen LogP contribution in [0.1, 0.15) is 5.56 Å². The van der Waals surface area contributed by atoms with Crippen molar-refractivity contribution in [3.05, 3.63) is 35.9 Å². The van der Waals surface area contributed by atoms with Crippen LogP contribution in [-0.4, -0.2) is 13.1 Å². The van der Waals surface area contributed by atoms with E-state index in [1.807, 2.05) is 30.6 Å². The molecule has 1 aliphatic rings. The number of rotatable bonds is 1. The van der Waals surface area contributed by atoms with Gasteiger partial charge in [-0.25, -0.2) is 0 Å². The molecule has 2 aromatic carbocycles. The molecule has 3 nitrogen and oxygen atoms in total. The van der Waals surface area contributed by atoms with Crippen LogP contribution in [0.15, 0.2) is 30.3 Å². The maximum atomic E-state index is 10.7. The van der Waals surface area contributed by atoms with Gasteiger partial charge in [0.1, 0.15) is 0 Å². The standard InChI is InChI=1S/C12H7O3/c13-6-9-3-1-2-8-4-11-12(5-10(8)9)15-7-14-11/h1-5H,7H2. The third-order valence-electron chi connectivity index (χ3n) is 2.48. The molecule has 0 amide bonds. The fourth-order valence-electron chi connectivity index (χ4n) is 1.76. The summed E-state index contributed by atoms with van der Waals surface area (Å²) in [5.41, 5.74) is 0.547. The van der Waals surface area contributed by atoms with E-state index in [1.165, 1.54) is 0 Å². The minimum atomic E-state index is 0.242. The summed E-state index contributed by atoms with van der Waals surface area (Å²) in [4.78, 5) is 10.7. The van der Waals surface area contributed by atoms with E-state index in [2.05, 4.69) is 0 Å². The first kappa shape index (κ1) is 8.29. The van der Waals surface area contributed by atoms with E-state index in [9.17, 15) is 4.79 Å². The van der Waals surface area contributed by atoms with Gasteiger partial charge in [0.15, 0.2) is 11.5 Å². The van der Waals surface area contributed by atoms with Gasteiger partial charge in [-0.2, -0.15) is 0 Å². The molecule has 0 aromatic heterocycles. The largest absolute Gasteiger partial charge is 0.454 e. The van der Waals surface area contributed by atoms with Crippen LogP contribution in [0.2, 0.25) is 0 Å². The molecular weight excluding hydrogens is 192 g/mol. The topological polar surface area (TPSA) is 35.5 Å². The Balaban J connectivity index is 2.37. The zero-order valence-electron chi connectivity index (χ0n) is 7.82. The lowest BCUT2D eigenvalue weighted by molar-refractivity contribution is 0.174. The molecule has 0 saturated heterocycles. The van der Waals surface area contributed by atoms with E-state index < -0.39 is 0 Å². The van der Waals surface area contributed by atoms with Gasteiger partial charge in [0.25, 0.3) is 0 Å². The lowest BCUT2D eigenvalue weighted by Crippen LogP contribution is -1.92. The molecule has 73 valence electrons. The zero-order valence-corrected chi connectivity index (χ0v) is 7.82. The maximum Gasteiger partial charge on any atom is 0.234 e. The predicted molar refractivity (Wildman–Crippen MR) is 54.9 cm³/mol. The summed E-state index contributed by atoms with van der Waals surface area (Å²) in [7, 11) is 0. The van der Waals surface area contributed by atoms with Crippen molar-refractivity contribution in [3.8, 4) is 11.5 Å². The second-order valence-corrected chi connectivity index (χ2v) is 3.33. The van der Waals surface area contributed by atoms with Crippen LogP contribution in [0, 0.1) is 0 Å². The number of hydrogen-bond donors (Lipinski definition) is 0. The third kappa shape index (κ3) is 1.16. The average molecular weight is 199 g/mol. The van der Waals surface area contributed by atoms with Crippen LogP contribution in [0.3, 0.4) is 0 Å². The molecular formula is C12H7O3. The Bertz CT molecular complexity index is 546. The van der Waals surface area contributed by atoms with E-state index in [-0.39, 0.29) is 6.79 Å². The Hall–Kier alpha value is -2.03. The summed E-state index contributed by atoms with van der Waals surface area (Å²) in [5, 5.41) is 1.80. The van der Waals surface area contributed by atoms with Crippen molar-refractivity contribution in [1.29, 1.82) is 0 Å². The van der Waals surface area contributed by atoms with Gasteiger partial charge in [-0.3, -0.25) is 4.79 Å². The van der Waals surface area contributed by atoms with E-state index >= 15 is 0 Å². The summed E-state index contributed by atoms with van der Waals surface area (Å²) < 4.78 is 10.5. The van der Waals surface area contributed by atoms with Crippen LogP contribution < -0.4 is 9.47 Å². The van der Waals surface area contributed by atoms with Crippen LogP contribution in [0.4, 0.5) is 0 Å². The number of fused-ring (bicyclic) bond motifs is 2. The van der Waals surface area contributed by atoms with E-state index in [4.69, 9.17) is 9.47 Å². The molecule has 0 fully saturated rings. The molecule has 1 aliphatic heterocycles. The van der Waals surface area contributed by atoms with Crippen LogP contribution >= 0.6 is 0 Å². The van der Waals surface area contributed by atoms with Gasteiger partial charge < -0.3 is 9.47 Å². The highest BCUT2D eigenvalue weighted by atomic mass is 16.7. The molecule has 0 atom stereocenters. The molecule has 2 aromatic rings. The highest BCUT2D eigenvalue weighted by Crippen LogP contribution is 2.36. The third-order valence-corrected chi connectivity index (χ3v) is 2.48. The second-order valence-electron chi connectivity index (χ2n) is 3.33. The summed E-state index contributed by atoms with van der Waals surface area (Å²) in [6, 6.07) is 9.18. The lowest BCUT2D eigenvalue weighted by atomic mass is 10.0. The van der Waals surface area contributed by atoms with Crippen molar-refractivity contribution in [3.63, 3.8) is 0 Å². The van der Waals surface area contributed by atoms with Gasteiger partial charge in [-0.05, 0) is 22.9 Å². The smallest absolute Gasteiger partial charge is 0.234 e. The Kier molecular flexibility index (Phi) is 1.65. The molecule has 1 heterocycles. The molecule has 0 saturated carbocycles. The Labute approximate surface area is 86.2 Å². The lowest BCUT2D eigenvalue weighted by Gasteiger charge is -2.02. The quantitative estimate of drug-likeness (QED) is 0.704. The number of benzene rings is 2.